The summed E-state index contributed by atoms with van der Waals surface area (Å²) in [7, 11) is 1.00. The number of carboxylic acid groups (broad SMARTS) is 1. The second kappa shape index (κ2) is 59.5. The van der Waals surface area contributed by atoms with Crippen LogP contribution < -0.4 is 29.6 Å². The van der Waals surface area contributed by atoms with Crippen molar-refractivity contribution in [3.8, 4) is 0 Å². The maximum atomic E-state index is 10.9. The second-order valence-electron chi connectivity index (χ2n) is 19.0. The van der Waals surface area contributed by atoms with Crippen LogP contribution in [-0.4, -0.2) is 95.2 Å². The molecule has 0 radical (unpaired) electrons. The summed E-state index contributed by atoms with van der Waals surface area (Å²) in [6, 6.07) is 32.4. The average molecular weight is 1480 g/mol. The molecule has 83 heavy (non-hydrogen) atoms. The van der Waals surface area contributed by atoms with E-state index in [9.17, 15) is 19.2 Å². The minimum absolute atomic E-state index is 0. The Morgan fingerprint density at radius 3 is 1.07 bits per heavy atom. The van der Waals surface area contributed by atoms with Crippen LogP contribution in [0.4, 0.5) is 0 Å². The fourth-order valence-electron chi connectivity index (χ4n) is 7.42. The minimum atomic E-state index is -0.734. The fraction of sp³-hybridized carbons (Fsp3) is 0.540. The van der Waals surface area contributed by atoms with Crippen molar-refractivity contribution in [2.75, 3.05) is 32.3 Å². The number of hydrogen-bond donors (Lipinski definition) is 3. The van der Waals surface area contributed by atoms with Crippen LogP contribution >= 0.6 is 61.4 Å². The van der Waals surface area contributed by atoms with Gasteiger partial charge in [-0.3, -0.25) is 4.79 Å². The third kappa shape index (κ3) is 51.2. The van der Waals surface area contributed by atoms with Gasteiger partial charge in [0.1, 0.15) is 17.3 Å². The van der Waals surface area contributed by atoms with Gasteiger partial charge in [-0.15, -0.1) is 0 Å². The number of halogens is 4. The molecule has 20 heteroatoms. The monoisotopic (exact) mass is 1470 g/mol. The van der Waals surface area contributed by atoms with Gasteiger partial charge in [0.05, 0.1) is 26.4 Å². The topological polar surface area (TPSA) is 214 Å². The number of ketones is 3. The van der Waals surface area contributed by atoms with Gasteiger partial charge in [0, 0.05) is 60.5 Å². The van der Waals surface area contributed by atoms with Crippen molar-refractivity contribution in [1.29, 1.82) is 0 Å². The number of ether oxygens (including phenoxy) is 6. The van der Waals surface area contributed by atoms with Crippen molar-refractivity contribution in [3.05, 3.63) is 146 Å². The molecule has 0 aliphatic carbocycles. The number of carbonyl (C=O) groups is 4. The van der Waals surface area contributed by atoms with Crippen molar-refractivity contribution in [2.24, 2.45) is 0 Å². The molecule has 0 bridgehead atoms. The summed E-state index contributed by atoms with van der Waals surface area (Å²) in [5, 5.41) is 25.2. The van der Waals surface area contributed by atoms with Crippen LogP contribution in [0.2, 0.25) is 0 Å². The molecule has 3 saturated heterocycles. The van der Waals surface area contributed by atoms with Crippen LogP contribution in [0.3, 0.4) is 0 Å². The Morgan fingerprint density at radius 1 is 0.518 bits per heavy atom. The molecule has 7 rings (SSSR count). The number of aliphatic hydroxyl groups excluding tert-OH is 2. The zero-order chi connectivity index (χ0) is 60.3. The Labute approximate surface area is 560 Å². The average Bonchev–Trinajstić information content (AvgIpc) is 3.49. The van der Waals surface area contributed by atoms with Crippen LogP contribution in [0.25, 0.3) is 0 Å². The Morgan fingerprint density at radius 2 is 0.819 bits per heavy atom. The molecular formula is C63H91Br4NaO14Zn. The van der Waals surface area contributed by atoms with Crippen LogP contribution in [0.5, 0.6) is 0 Å². The van der Waals surface area contributed by atoms with E-state index in [1.165, 1.54) is 57.9 Å². The van der Waals surface area contributed by atoms with Crippen LogP contribution in [0.15, 0.2) is 106 Å². The normalized spacial score (nSPS) is 15.6. The SMILES string of the molecule is Brc1ccc(COC2CCCCO2)cc1.CC(=O)CCCBr.CC(=O)CCCc1ccc(COC2CCCCO2)cc1.CO.O=C(O)CCCc1ccc(COC2CCCCO2)cc1.OCc1ccc(Br)cc1.[CH2-]CCC(C)=O.[Na+].[OH-].[Zn+][Br]. The first-order valence-electron chi connectivity index (χ1n) is 27.9. The molecule has 3 fully saturated rings. The molecule has 0 spiro atoms. The molecule has 0 saturated carbocycles. The summed E-state index contributed by atoms with van der Waals surface area (Å²) in [5.41, 5.74) is 6.88. The summed E-state index contributed by atoms with van der Waals surface area (Å²) in [4.78, 5) is 41.5. The van der Waals surface area contributed by atoms with Gasteiger partial charge < -0.3 is 70.5 Å². The number of hydrogen-bond acceptors (Lipinski definition) is 13. The molecule has 4 aromatic rings. The molecule has 0 aromatic heterocycles. The van der Waals surface area contributed by atoms with E-state index in [0.717, 1.165) is 123 Å². The van der Waals surface area contributed by atoms with Crippen molar-refractivity contribution in [2.45, 2.75) is 188 Å². The second-order valence-corrected chi connectivity index (χ2v) is 21.6. The van der Waals surface area contributed by atoms with E-state index in [0.29, 0.717) is 45.5 Å². The van der Waals surface area contributed by atoms with Gasteiger partial charge in [0.25, 0.3) is 0 Å². The van der Waals surface area contributed by atoms with E-state index >= 15 is 0 Å². The summed E-state index contributed by atoms with van der Waals surface area (Å²) in [5.74, 6) is 0.0365. The van der Waals surface area contributed by atoms with Gasteiger partial charge >= 0.3 is 65.5 Å². The predicted molar refractivity (Wildman–Crippen MR) is 334 cm³/mol. The number of benzene rings is 4. The van der Waals surface area contributed by atoms with E-state index in [4.69, 9.17) is 43.7 Å². The van der Waals surface area contributed by atoms with E-state index in [2.05, 4.69) is 105 Å². The van der Waals surface area contributed by atoms with Gasteiger partial charge in [-0.05, 0) is 175 Å². The first-order chi connectivity index (χ1) is 39.2. The van der Waals surface area contributed by atoms with E-state index < -0.39 is 5.97 Å². The number of aliphatic hydroxyl groups is 2. The Bertz CT molecular complexity index is 2060. The quantitative estimate of drug-likeness (QED) is 0.0358. The number of carboxylic acids is 1. The van der Waals surface area contributed by atoms with Gasteiger partial charge in [-0.1, -0.05) is 121 Å². The van der Waals surface area contributed by atoms with Gasteiger partial charge in [0.2, 0.25) is 0 Å². The molecule has 4 aromatic carbocycles. The molecule has 4 N–H and O–H groups in total. The number of alkyl halides is 1. The zero-order valence-corrected chi connectivity index (χ0v) is 61.2. The number of rotatable bonds is 23. The first-order valence-corrected chi connectivity index (χ1v) is 37.6. The molecule has 3 unspecified atom stereocenters. The Kier molecular flexibility index (Phi) is 61.5. The molecule has 3 heterocycles. The van der Waals surface area contributed by atoms with Gasteiger partial charge in [-0.25, -0.2) is 0 Å². The molecular weight excluding hydrogens is 1390 g/mol. The first kappa shape index (κ1) is 85.7. The van der Waals surface area contributed by atoms with Gasteiger partial charge in [-0.2, -0.15) is 6.42 Å². The number of carbonyl (C=O) groups excluding carboxylic acids is 3. The van der Waals surface area contributed by atoms with E-state index in [-0.39, 0.29) is 84.3 Å². The number of aryl methyl sites for hydroxylation is 2. The number of Topliss-reactive ketones (excluding diaryl/α,β-unsaturated/α-hetero) is 3. The number of aliphatic carboxylic acids is 1. The molecule has 3 aliphatic rings. The van der Waals surface area contributed by atoms with Crippen LogP contribution in [0.1, 0.15) is 163 Å². The van der Waals surface area contributed by atoms with Crippen molar-refractivity contribution < 1.29 is 114 Å². The molecule has 3 aliphatic heterocycles. The summed E-state index contributed by atoms with van der Waals surface area (Å²) < 4.78 is 35.8. The third-order valence-corrected chi connectivity index (χ3v) is 13.4. The standard InChI is InChI=1S/C17H24O3.C16H22O4.C12H15BrO2.C7H7BrO.C5H9BrO.C5H9O.CH4O.BrH.Na.H2O.Zn/c1-14(18)5-4-6-15-8-10-16(11-9-15)13-20-17-7-2-3-12-19-17;17-15(18)5-3-4-13-7-9-14(10-8-13)12-20-16-6-1-2-11-19-16;13-11-6-4-10(5-7-11)9-15-12-3-1-2-8-14-12;8-7-3-1-6(5-9)2-4-7;1-5(7)3-2-4-6;1-3-4-5(2)6;1-2;;;;/h8-11,17H,2-7,12-13H2,1H3;7-10,16H,1-6,11-12H2,(H,17,18);4-7,12H,1-3,8-9H2;1-4,9H,5H2;2-4H2,1H3;1,3-4H2,2H3;2H,1H3;1H;;1H2;/q;;;;;-1;;;+1;;+2/p-2. The molecule has 14 nitrogen and oxygen atoms in total. The molecule has 458 valence electrons. The van der Waals surface area contributed by atoms with E-state index in [1.807, 2.05) is 60.7 Å². The third-order valence-electron chi connectivity index (χ3n) is 11.8. The zero-order valence-electron chi connectivity index (χ0n) is 49.9. The van der Waals surface area contributed by atoms with Crippen molar-refractivity contribution >= 4 is 84.7 Å². The van der Waals surface area contributed by atoms with Crippen molar-refractivity contribution in [1.82, 2.24) is 0 Å². The summed E-state index contributed by atoms with van der Waals surface area (Å²) in [6.07, 6.45) is 17.3. The Hall–Kier alpha value is -1.46. The summed E-state index contributed by atoms with van der Waals surface area (Å²) in [6.45, 7) is 12.7. The Balaban J connectivity index is -0.000000954. The predicted octanol–water partition coefficient (Wildman–Crippen LogP) is 12.4. The molecule has 0 amide bonds. The van der Waals surface area contributed by atoms with Gasteiger partial charge in [0.15, 0.2) is 18.9 Å². The van der Waals surface area contributed by atoms with Crippen LogP contribution in [0, 0.1) is 6.92 Å². The summed E-state index contributed by atoms with van der Waals surface area (Å²) >= 11 is 14.2. The van der Waals surface area contributed by atoms with E-state index in [1.54, 1.807) is 20.8 Å². The van der Waals surface area contributed by atoms with Crippen LogP contribution in [-0.2, 0) is 103 Å². The maximum absolute atomic E-state index is 10.9. The van der Waals surface area contributed by atoms with Crippen molar-refractivity contribution in [3.63, 3.8) is 0 Å². The fourth-order valence-corrected chi connectivity index (χ4v) is 8.23. The molecule has 3 atom stereocenters.